The first-order valence-corrected chi connectivity index (χ1v) is 5.91. The minimum atomic E-state index is -0.593. The van der Waals surface area contributed by atoms with Crippen molar-refractivity contribution in [2.45, 2.75) is 6.92 Å². The highest BCUT2D eigenvalue weighted by molar-refractivity contribution is 6.68. The molecule has 18 heavy (non-hydrogen) atoms. The Morgan fingerprint density at radius 3 is 2.50 bits per heavy atom. The third-order valence-electron chi connectivity index (χ3n) is 2.39. The number of hydrogen-bond acceptors (Lipinski definition) is 3. The van der Waals surface area contributed by atoms with Gasteiger partial charge in [0.15, 0.2) is 0 Å². The number of carbonyl (C=O) groups is 1. The predicted molar refractivity (Wildman–Crippen MR) is 69.7 cm³/mol. The summed E-state index contributed by atoms with van der Waals surface area (Å²) in [4.78, 5) is 11.4. The van der Waals surface area contributed by atoms with E-state index in [2.05, 4.69) is 5.10 Å². The average molecular weight is 285 g/mol. The van der Waals surface area contributed by atoms with Gasteiger partial charge in [-0.05, 0) is 42.8 Å². The van der Waals surface area contributed by atoms with Crippen molar-refractivity contribution < 1.29 is 9.53 Å². The molecule has 94 valence electrons. The van der Waals surface area contributed by atoms with Gasteiger partial charge in [0, 0.05) is 12.1 Å². The van der Waals surface area contributed by atoms with Crippen LogP contribution in [0.3, 0.4) is 0 Å². The van der Waals surface area contributed by atoms with Crippen molar-refractivity contribution in [3.63, 3.8) is 0 Å². The van der Waals surface area contributed by atoms with Gasteiger partial charge in [0.25, 0.3) is 5.24 Å². The lowest BCUT2D eigenvalue weighted by atomic mass is 10.3. The maximum absolute atomic E-state index is 11.4. The molecule has 0 saturated carbocycles. The summed E-state index contributed by atoms with van der Waals surface area (Å²) in [5.74, 6) is 0.872. The largest absolute Gasteiger partial charge is 0.438 e. The third-order valence-corrected chi connectivity index (χ3v) is 2.84. The third kappa shape index (κ3) is 2.49. The van der Waals surface area contributed by atoms with E-state index in [-0.39, 0.29) is 5.56 Å². The molecule has 0 aliphatic rings. The summed E-state index contributed by atoms with van der Waals surface area (Å²) in [5.41, 5.74) is 0.801. The lowest BCUT2D eigenvalue weighted by molar-refractivity contribution is 0.107. The Bertz CT molecular complexity index is 591. The molecule has 4 nitrogen and oxygen atoms in total. The van der Waals surface area contributed by atoms with Gasteiger partial charge in [-0.2, -0.15) is 5.10 Å². The van der Waals surface area contributed by atoms with Gasteiger partial charge >= 0.3 is 0 Å². The molecule has 0 atom stereocenters. The second-order valence-corrected chi connectivity index (χ2v) is 4.50. The highest BCUT2D eigenvalue weighted by Crippen LogP contribution is 2.28. The number of aryl methyl sites for hydroxylation is 2. The number of nitrogens with zero attached hydrogens (tertiary/aromatic N) is 2. The Morgan fingerprint density at radius 2 is 1.94 bits per heavy atom. The normalized spacial score (nSPS) is 10.4. The van der Waals surface area contributed by atoms with Gasteiger partial charge < -0.3 is 4.74 Å². The van der Waals surface area contributed by atoms with Crippen LogP contribution in [0.2, 0.25) is 5.02 Å². The standard InChI is InChI=1S/C12H10Cl2N2O2/c1-7-10(11(14)17)12(16(2)15-7)18-9-5-3-8(13)4-6-9/h3-6H,1-2H3. The van der Waals surface area contributed by atoms with E-state index in [1.807, 2.05) is 0 Å². The smallest absolute Gasteiger partial charge is 0.259 e. The van der Waals surface area contributed by atoms with Crippen molar-refractivity contribution in [3.05, 3.63) is 40.5 Å². The van der Waals surface area contributed by atoms with E-state index in [1.165, 1.54) is 4.68 Å². The Morgan fingerprint density at radius 1 is 1.33 bits per heavy atom. The summed E-state index contributed by atoms with van der Waals surface area (Å²) in [5, 5.41) is 4.12. The molecule has 0 fully saturated rings. The number of aromatic nitrogens is 2. The first-order valence-electron chi connectivity index (χ1n) is 5.16. The monoisotopic (exact) mass is 284 g/mol. The van der Waals surface area contributed by atoms with Crippen LogP contribution in [-0.4, -0.2) is 15.0 Å². The van der Waals surface area contributed by atoms with Gasteiger partial charge in [-0.1, -0.05) is 11.6 Å². The molecule has 0 unspecified atom stereocenters. The van der Waals surface area contributed by atoms with Crippen LogP contribution in [-0.2, 0) is 7.05 Å². The van der Waals surface area contributed by atoms with Gasteiger partial charge in [0.2, 0.25) is 5.88 Å². The van der Waals surface area contributed by atoms with E-state index in [4.69, 9.17) is 27.9 Å². The fourth-order valence-corrected chi connectivity index (χ4v) is 1.94. The van der Waals surface area contributed by atoms with Crippen LogP contribution in [0, 0.1) is 6.92 Å². The van der Waals surface area contributed by atoms with Crippen molar-refractivity contribution in [1.82, 2.24) is 9.78 Å². The van der Waals surface area contributed by atoms with Crippen LogP contribution >= 0.6 is 23.2 Å². The molecule has 0 bridgehead atoms. The van der Waals surface area contributed by atoms with Crippen LogP contribution in [0.15, 0.2) is 24.3 Å². The number of ether oxygens (including phenoxy) is 1. The number of benzene rings is 1. The zero-order chi connectivity index (χ0) is 13.3. The van der Waals surface area contributed by atoms with Gasteiger partial charge in [0.1, 0.15) is 11.3 Å². The quantitative estimate of drug-likeness (QED) is 0.810. The van der Waals surface area contributed by atoms with Crippen LogP contribution in [0.5, 0.6) is 11.6 Å². The molecule has 2 rings (SSSR count). The summed E-state index contributed by atoms with van der Waals surface area (Å²) in [6.45, 7) is 1.70. The zero-order valence-corrected chi connectivity index (χ0v) is 11.3. The van der Waals surface area contributed by atoms with Crippen molar-refractivity contribution in [1.29, 1.82) is 0 Å². The fourth-order valence-electron chi connectivity index (χ4n) is 1.59. The van der Waals surface area contributed by atoms with E-state index in [0.717, 1.165) is 0 Å². The molecule has 1 heterocycles. The van der Waals surface area contributed by atoms with Gasteiger partial charge in [0.05, 0.1) is 5.69 Å². The molecule has 0 saturated heterocycles. The number of halogens is 2. The molecule has 0 aliphatic heterocycles. The van der Waals surface area contributed by atoms with E-state index in [9.17, 15) is 4.79 Å². The fraction of sp³-hybridized carbons (Fsp3) is 0.167. The van der Waals surface area contributed by atoms with E-state index < -0.39 is 5.24 Å². The minimum absolute atomic E-state index is 0.272. The lowest BCUT2D eigenvalue weighted by Crippen LogP contribution is -1.98. The highest BCUT2D eigenvalue weighted by atomic mass is 35.5. The molecule has 6 heteroatoms. The maximum atomic E-state index is 11.4. The first kappa shape index (κ1) is 12.9. The Balaban J connectivity index is 2.39. The molecule has 1 aromatic heterocycles. The molecule has 2 aromatic rings. The number of carbonyl (C=O) groups excluding carboxylic acids is 1. The Hall–Kier alpha value is -1.52. The summed E-state index contributed by atoms with van der Waals surface area (Å²) in [7, 11) is 1.68. The SMILES string of the molecule is Cc1nn(C)c(Oc2ccc(Cl)cc2)c1C(=O)Cl. The summed E-state index contributed by atoms with van der Waals surface area (Å²) < 4.78 is 7.09. The van der Waals surface area contributed by atoms with Gasteiger partial charge in [-0.15, -0.1) is 0 Å². The van der Waals surface area contributed by atoms with Gasteiger partial charge in [-0.25, -0.2) is 4.68 Å². The van der Waals surface area contributed by atoms with E-state index in [0.29, 0.717) is 22.3 Å². The highest BCUT2D eigenvalue weighted by Gasteiger charge is 2.20. The molecular formula is C12H10Cl2N2O2. The van der Waals surface area contributed by atoms with E-state index >= 15 is 0 Å². The molecule has 1 aromatic carbocycles. The van der Waals surface area contributed by atoms with Crippen molar-refractivity contribution in [2.24, 2.45) is 7.05 Å². The molecule has 0 N–H and O–H groups in total. The second kappa shape index (κ2) is 5.00. The van der Waals surface area contributed by atoms with Crippen molar-refractivity contribution >= 4 is 28.4 Å². The molecule has 0 spiro atoms. The van der Waals surface area contributed by atoms with Crippen molar-refractivity contribution in [3.8, 4) is 11.6 Å². The van der Waals surface area contributed by atoms with Crippen LogP contribution < -0.4 is 4.74 Å². The molecule has 0 aliphatic carbocycles. The number of rotatable bonds is 3. The zero-order valence-electron chi connectivity index (χ0n) is 9.78. The average Bonchev–Trinajstić information content (AvgIpc) is 2.57. The minimum Gasteiger partial charge on any atom is -0.438 e. The van der Waals surface area contributed by atoms with E-state index in [1.54, 1.807) is 38.2 Å². The van der Waals surface area contributed by atoms with Gasteiger partial charge in [-0.3, -0.25) is 4.79 Å². The topological polar surface area (TPSA) is 44.1 Å². The predicted octanol–water partition coefficient (Wildman–Crippen LogP) is 3.55. The maximum Gasteiger partial charge on any atom is 0.259 e. The summed E-state index contributed by atoms with van der Waals surface area (Å²) >= 11 is 11.3. The molecular weight excluding hydrogens is 275 g/mol. The van der Waals surface area contributed by atoms with Crippen LogP contribution in [0.25, 0.3) is 0 Å². The summed E-state index contributed by atoms with van der Waals surface area (Å²) in [6.07, 6.45) is 0. The summed E-state index contributed by atoms with van der Waals surface area (Å²) in [6, 6.07) is 6.80. The first-order chi connectivity index (χ1) is 8.49. The molecule has 0 amide bonds. The Labute approximate surface area is 114 Å². The number of hydrogen-bond donors (Lipinski definition) is 0. The van der Waals surface area contributed by atoms with Crippen LogP contribution in [0.4, 0.5) is 0 Å². The van der Waals surface area contributed by atoms with Crippen LogP contribution in [0.1, 0.15) is 16.1 Å². The second-order valence-electron chi connectivity index (χ2n) is 3.72. The van der Waals surface area contributed by atoms with Crippen molar-refractivity contribution in [2.75, 3.05) is 0 Å². The lowest BCUT2D eigenvalue weighted by Gasteiger charge is -2.06. The molecule has 0 radical (unpaired) electrons. The Kier molecular flexibility index (Phi) is 3.59.